The summed E-state index contributed by atoms with van der Waals surface area (Å²) in [4.78, 5) is 74.5. The molecule has 2 rings (SSSR count). The number of carbonyl (C=O) groups is 3. The van der Waals surface area contributed by atoms with E-state index in [1.54, 1.807) is 12.2 Å². The molecule has 0 aromatic carbocycles. The molecule has 6 N–H and O–H groups in total. The van der Waals surface area contributed by atoms with Crippen LogP contribution >= 0.6 is 15.6 Å². The molecule has 0 spiro atoms. The third kappa shape index (κ3) is 35.2. The van der Waals surface area contributed by atoms with Gasteiger partial charge in [-0.05, 0) is 56.6 Å². The normalized spacial score (nSPS) is 19.2. The SMILES string of the molecule is CCCCC/C=C\C/C=C\C/C=C\C=C\C(=O)CCCC(=O)O[C@H](COC(=O)CCCCCCCCCCCCCCCCCCCCC(C)CC)COP(=O)(O)OP(=O)(O)OC[C@H]1O[C@@H](n2ccc(N)nc2=O)[C@H](O)[C@@H]1O. The lowest BCUT2D eigenvalue weighted by Crippen LogP contribution is -2.36. The second kappa shape index (κ2) is 43.2. The number of aliphatic hydroxyl groups excluding tert-OH is 2. The van der Waals surface area contributed by atoms with E-state index in [9.17, 15) is 48.3 Å². The second-order valence-corrected chi connectivity index (χ2v) is 23.5. The van der Waals surface area contributed by atoms with E-state index in [0.717, 1.165) is 55.2 Å². The standard InChI is InChI=1S/C57H97N3O16P2/c1-4-6-7-8-9-10-11-18-22-25-28-31-34-38-48(61)39-36-41-53(63)74-49(44-71-52(62)40-35-32-29-26-23-20-17-15-13-12-14-16-19-21-24-27-30-33-37-47(3)5-2)45-72-77(67,68)76-78(69,70)73-46-50-54(64)55(65)56(75-50)60-43-42-51(58)59-57(60)66/h9-10,18,22,28,31,34,38,42-43,47,49-50,54-56,64-65H,4-8,11-17,19-21,23-27,29-30,32-33,35-37,39-41,44-46H2,1-3H3,(H,67,68)(H,69,70)(H2,58,59,66)/b10-9-,22-18-,31-28-,38-34+/t47?,49-,50-,54-,55-,56-/m1/s1. The third-order valence-electron chi connectivity index (χ3n) is 13.4. The van der Waals surface area contributed by atoms with E-state index in [0.29, 0.717) is 12.8 Å². The number of unbranched alkanes of at least 4 members (excludes halogenated alkanes) is 20. The number of nitrogens with two attached hydrogens (primary N) is 1. The van der Waals surface area contributed by atoms with Crippen LogP contribution in [0.5, 0.6) is 0 Å². The van der Waals surface area contributed by atoms with Crippen molar-refractivity contribution in [2.45, 2.75) is 244 Å². The number of hydrogen-bond acceptors (Lipinski definition) is 16. The van der Waals surface area contributed by atoms with Crippen LogP contribution in [0, 0.1) is 5.92 Å². The van der Waals surface area contributed by atoms with Gasteiger partial charge in [0.25, 0.3) is 0 Å². The van der Waals surface area contributed by atoms with Crippen molar-refractivity contribution in [3.8, 4) is 0 Å². The number of phosphoric ester groups is 2. The Hall–Kier alpha value is -3.61. The molecular formula is C57H97N3O16P2. The summed E-state index contributed by atoms with van der Waals surface area (Å²) in [6.45, 7) is 4.30. The lowest BCUT2D eigenvalue weighted by molar-refractivity contribution is -0.161. The van der Waals surface area contributed by atoms with Crippen molar-refractivity contribution in [3.05, 3.63) is 71.4 Å². The van der Waals surface area contributed by atoms with Crippen LogP contribution in [0.2, 0.25) is 0 Å². The van der Waals surface area contributed by atoms with Gasteiger partial charge in [-0.25, -0.2) is 13.9 Å². The van der Waals surface area contributed by atoms with E-state index in [4.69, 9.17) is 29.0 Å². The molecule has 1 aromatic rings. The fourth-order valence-electron chi connectivity index (χ4n) is 8.54. The summed E-state index contributed by atoms with van der Waals surface area (Å²) in [6.07, 6.45) is 39.0. The zero-order valence-electron chi connectivity index (χ0n) is 47.1. The Kier molecular flexibility index (Phi) is 39.0. The number of nitrogen functional groups attached to an aromatic ring is 1. The number of rotatable bonds is 48. The molecule has 3 unspecified atom stereocenters. The van der Waals surface area contributed by atoms with E-state index >= 15 is 0 Å². The predicted molar refractivity (Wildman–Crippen MR) is 303 cm³/mol. The van der Waals surface area contributed by atoms with Gasteiger partial charge in [-0.2, -0.15) is 9.29 Å². The topological polar surface area (TPSA) is 283 Å². The summed E-state index contributed by atoms with van der Waals surface area (Å²) in [5, 5.41) is 21.0. The molecule has 21 heteroatoms. The molecule has 19 nitrogen and oxygen atoms in total. The Labute approximate surface area is 465 Å². The Morgan fingerprint density at radius 1 is 0.705 bits per heavy atom. The molecule has 1 aromatic heterocycles. The first-order valence-corrected chi connectivity index (χ1v) is 32.0. The summed E-state index contributed by atoms with van der Waals surface area (Å²) in [5.74, 6) is -0.917. The molecular weight excluding hydrogens is 1040 g/mol. The number of allylic oxidation sites excluding steroid dienone is 8. The van der Waals surface area contributed by atoms with Gasteiger partial charge in [-0.1, -0.05) is 198 Å². The minimum Gasteiger partial charge on any atom is -0.462 e. The first-order chi connectivity index (χ1) is 37.5. The minimum atomic E-state index is -5.49. The quantitative estimate of drug-likeness (QED) is 0.0101. The number of nitrogens with zero attached hydrogens (tertiary/aromatic N) is 2. The number of phosphoric acid groups is 2. The maximum absolute atomic E-state index is 12.9. The van der Waals surface area contributed by atoms with Gasteiger partial charge in [0.1, 0.15) is 30.7 Å². The number of aromatic nitrogens is 2. The Bertz CT molecular complexity index is 2080. The molecule has 1 fully saturated rings. The molecule has 0 bridgehead atoms. The van der Waals surface area contributed by atoms with Gasteiger partial charge in [0.2, 0.25) is 0 Å². The van der Waals surface area contributed by atoms with Crippen LogP contribution in [-0.2, 0) is 51.1 Å². The van der Waals surface area contributed by atoms with Crippen LogP contribution in [0.15, 0.2) is 65.7 Å². The number of carbonyl (C=O) groups excluding carboxylic acids is 3. The molecule has 1 saturated heterocycles. The molecule has 8 atom stereocenters. The van der Waals surface area contributed by atoms with Gasteiger partial charge in [-0.3, -0.25) is 28.0 Å². The minimum absolute atomic E-state index is 0.0182. The van der Waals surface area contributed by atoms with Gasteiger partial charge in [0.05, 0.1) is 13.2 Å². The predicted octanol–water partition coefficient (Wildman–Crippen LogP) is 12.3. The van der Waals surface area contributed by atoms with Crippen LogP contribution in [0.25, 0.3) is 0 Å². The number of esters is 2. The van der Waals surface area contributed by atoms with Crippen molar-refractivity contribution in [1.82, 2.24) is 9.55 Å². The monoisotopic (exact) mass is 1140 g/mol. The zero-order valence-corrected chi connectivity index (χ0v) is 48.9. The van der Waals surface area contributed by atoms with E-state index in [1.165, 1.54) is 128 Å². The molecule has 2 heterocycles. The molecule has 0 radical (unpaired) electrons. The van der Waals surface area contributed by atoms with Crippen LogP contribution < -0.4 is 11.4 Å². The Balaban J connectivity index is 1.78. The lowest BCUT2D eigenvalue weighted by atomic mass is 9.99. The lowest BCUT2D eigenvalue weighted by Gasteiger charge is -2.21. The first-order valence-electron chi connectivity index (χ1n) is 29.0. The third-order valence-corrected chi connectivity index (χ3v) is 16.0. The fraction of sp³-hybridized carbons (Fsp3) is 0.737. The fourth-order valence-corrected chi connectivity index (χ4v) is 10.6. The van der Waals surface area contributed by atoms with Crippen molar-refractivity contribution >= 4 is 39.2 Å². The van der Waals surface area contributed by atoms with E-state index in [2.05, 4.69) is 48.3 Å². The average molecular weight is 1140 g/mol. The van der Waals surface area contributed by atoms with Gasteiger partial charge < -0.3 is 39.9 Å². The maximum Gasteiger partial charge on any atom is 0.481 e. The number of aliphatic hydroxyl groups is 2. The van der Waals surface area contributed by atoms with E-state index in [-0.39, 0.29) is 37.3 Å². The highest BCUT2D eigenvalue weighted by Gasteiger charge is 2.46. The molecule has 0 aliphatic carbocycles. The van der Waals surface area contributed by atoms with E-state index in [1.807, 2.05) is 12.2 Å². The van der Waals surface area contributed by atoms with Gasteiger partial charge in [0, 0.05) is 25.5 Å². The smallest absolute Gasteiger partial charge is 0.462 e. The highest BCUT2D eigenvalue weighted by atomic mass is 31.3. The van der Waals surface area contributed by atoms with Crippen molar-refractivity contribution in [3.63, 3.8) is 0 Å². The Morgan fingerprint density at radius 2 is 1.27 bits per heavy atom. The van der Waals surface area contributed by atoms with Crippen molar-refractivity contribution in [2.75, 3.05) is 25.6 Å². The summed E-state index contributed by atoms with van der Waals surface area (Å²) < 4.78 is 56.7. The van der Waals surface area contributed by atoms with Crippen LogP contribution in [0.3, 0.4) is 0 Å². The van der Waals surface area contributed by atoms with Crippen LogP contribution in [0.1, 0.15) is 220 Å². The largest absolute Gasteiger partial charge is 0.481 e. The number of hydrogen-bond donors (Lipinski definition) is 5. The molecule has 446 valence electrons. The van der Waals surface area contributed by atoms with Gasteiger partial charge >= 0.3 is 33.3 Å². The summed E-state index contributed by atoms with van der Waals surface area (Å²) >= 11 is 0. The molecule has 0 saturated carbocycles. The summed E-state index contributed by atoms with van der Waals surface area (Å²) in [6, 6.07) is 1.24. The maximum atomic E-state index is 12.9. The summed E-state index contributed by atoms with van der Waals surface area (Å²) in [5.41, 5.74) is 4.58. The van der Waals surface area contributed by atoms with E-state index < -0.39 is 83.7 Å². The van der Waals surface area contributed by atoms with Crippen molar-refractivity contribution in [1.29, 1.82) is 0 Å². The number of ether oxygens (including phenoxy) is 3. The number of ketones is 1. The zero-order chi connectivity index (χ0) is 57.3. The molecule has 78 heavy (non-hydrogen) atoms. The molecule has 0 amide bonds. The molecule has 1 aliphatic heterocycles. The molecule has 1 aliphatic rings. The van der Waals surface area contributed by atoms with Crippen LogP contribution in [0.4, 0.5) is 5.82 Å². The summed E-state index contributed by atoms with van der Waals surface area (Å²) in [7, 11) is -11.0. The van der Waals surface area contributed by atoms with Crippen molar-refractivity contribution in [2.24, 2.45) is 5.92 Å². The highest BCUT2D eigenvalue weighted by Crippen LogP contribution is 2.60. The van der Waals surface area contributed by atoms with Crippen LogP contribution in [-0.4, -0.2) is 91.5 Å². The van der Waals surface area contributed by atoms with Gasteiger partial charge in [-0.15, -0.1) is 0 Å². The van der Waals surface area contributed by atoms with Gasteiger partial charge in [0.15, 0.2) is 18.1 Å². The van der Waals surface area contributed by atoms with Crippen molar-refractivity contribution < 1.29 is 71.1 Å². The Morgan fingerprint density at radius 3 is 1.87 bits per heavy atom. The highest BCUT2D eigenvalue weighted by molar-refractivity contribution is 7.61. The number of anilines is 1. The second-order valence-electron chi connectivity index (χ2n) is 20.4. The first kappa shape index (κ1) is 70.5. The average Bonchev–Trinajstić information content (AvgIpc) is 3.70.